The first kappa shape index (κ1) is 15.3. The molecule has 2 atom stereocenters. The number of amides is 1. The highest BCUT2D eigenvalue weighted by atomic mass is 16.6. The van der Waals surface area contributed by atoms with Crippen LogP contribution < -0.4 is 5.32 Å². The van der Waals surface area contributed by atoms with Crippen LogP contribution in [0.2, 0.25) is 0 Å². The minimum Gasteiger partial charge on any atom is -0.467 e. The van der Waals surface area contributed by atoms with E-state index in [1.165, 1.54) is 7.11 Å². The van der Waals surface area contributed by atoms with Gasteiger partial charge in [0.25, 0.3) is 0 Å². The van der Waals surface area contributed by atoms with Gasteiger partial charge in [-0.2, -0.15) is 0 Å². The molecule has 0 saturated carbocycles. The molecule has 0 aromatic heterocycles. The van der Waals surface area contributed by atoms with Crippen LogP contribution in [0.15, 0.2) is 30.3 Å². The van der Waals surface area contributed by atoms with E-state index in [2.05, 4.69) is 5.32 Å². The van der Waals surface area contributed by atoms with Crippen LogP contribution in [-0.2, 0) is 25.4 Å². The van der Waals surface area contributed by atoms with Crippen molar-refractivity contribution >= 4 is 12.1 Å². The van der Waals surface area contributed by atoms with Crippen molar-refractivity contribution in [3.05, 3.63) is 35.9 Å². The lowest BCUT2D eigenvalue weighted by Gasteiger charge is -2.18. The lowest BCUT2D eigenvalue weighted by molar-refractivity contribution is -0.143. The summed E-state index contributed by atoms with van der Waals surface area (Å²) in [6, 6.07) is 8.63. The Morgan fingerprint density at radius 3 is 2.76 bits per heavy atom. The first-order valence-electron chi connectivity index (χ1n) is 6.85. The van der Waals surface area contributed by atoms with Crippen molar-refractivity contribution in [2.75, 3.05) is 20.3 Å². The molecule has 1 saturated heterocycles. The largest absolute Gasteiger partial charge is 0.467 e. The molecule has 1 fully saturated rings. The fourth-order valence-corrected chi connectivity index (χ4v) is 2.12. The Hall–Kier alpha value is -2.08. The monoisotopic (exact) mass is 293 g/mol. The quantitative estimate of drug-likeness (QED) is 0.828. The highest BCUT2D eigenvalue weighted by Gasteiger charge is 2.25. The summed E-state index contributed by atoms with van der Waals surface area (Å²) in [5, 5.41) is 2.55. The number of benzene rings is 1. The van der Waals surface area contributed by atoms with Gasteiger partial charge >= 0.3 is 12.1 Å². The first-order valence-corrected chi connectivity index (χ1v) is 6.85. The third-order valence-corrected chi connectivity index (χ3v) is 3.22. The second kappa shape index (κ2) is 7.64. The number of carbonyl (C=O) groups is 2. The Labute approximate surface area is 123 Å². The fourth-order valence-electron chi connectivity index (χ4n) is 2.12. The molecular formula is C15H19NO5. The minimum atomic E-state index is -0.771. The van der Waals surface area contributed by atoms with Crippen molar-refractivity contribution in [3.63, 3.8) is 0 Å². The smallest absolute Gasteiger partial charge is 0.408 e. The highest BCUT2D eigenvalue weighted by molar-refractivity contribution is 5.81. The molecule has 0 radical (unpaired) electrons. The van der Waals surface area contributed by atoms with Gasteiger partial charge in [-0.3, -0.25) is 0 Å². The third-order valence-electron chi connectivity index (χ3n) is 3.22. The summed E-state index contributed by atoms with van der Waals surface area (Å²) in [6.07, 6.45) is 0.149. The number of hydrogen-bond acceptors (Lipinski definition) is 5. The van der Waals surface area contributed by atoms with Gasteiger partial charge in [0.1, 0.15) is 12.1 Å². The van der Waals surface area contributed by atoms with E-state index in [-0.39, 0.29) is 6.10 Å². The third kappa shape index (κ3) is 4.75. The van der Waals surface area contributed by atoms with Crippen LogP contribution in [0.3, 0.4) is 0 Å². The summed E-state index contributed by atoms with van der Waals surface area (Å²) < 4.78 is 15.0. The van der Waals surface area contributed by atoms with Crippen molar-refractivity contribution < 1.29 is 23.8 Å². The maximum Gasteiger partial charge on any atom is 0.408 e. The lowest BCUT2D eigenvalue weighted by atomic mass is 10.1. The van der Waals surface area contributed by atoms with E-state index >= 15 is 0 Å². The molecule has 2 rings (SSSR count). The standard InChI is InChI=1S/C15H19NO5/c1-19-14(17)13(9-11-5-3-2-4-6-11)16-15(18)21-12-7-8-20-10-12/h2-6,12-13H,7-10H2,1H3,(H,16,18)/t12?,13-/m0/s1. The zero-order valence-electron chi connectivity index (χ0n) is 11.9. The van der Waals surface area contributed by atoms with Crippen LogP contribution in [0.4, 0.5) is 4.79 Å². The number of alkyl carbamates (subject to hydrolysis) is 1. The van der Waals surface area contributed by atoms with Gasteiger partial charge < -0.3 is 19.5 Å². The van der Waals surface area contributed by atoms with E-state index in [1.54, 1.807) is 0 Å². The van der Waals surface area contributed by atoms with Crippen molar-refractivity contribution in [1.29, 1.82) is 0 Å². The van der Waals surface area contributed by atoms with Gasteiger partial charge in [0.05, 0.1) is 20.3 Å². The average molecular weight is 293 g/mol. The Balaban J connectivity index is 1.92. The van der Waals surface area contributed by atoms with Crippen LogP contribution in [0.5, 0.6) is 0 Å². The Morgan fingerprint density at radius 2 is 2.14 bits per heavy atom. The van der Waals surface area contributed by atoms with Crippen molar-refractivity contribution in [2.45, 2.75) is 25.0 Å². The number of carbonyl (C=O) groups excluding carboxylic acids is 2. The zero-order chi connectivity index (χ0) is 15.1. The molecule has 6 nitrogen and oxygen atoms in total. The van der Waals surface area contributed by atoms with Crippen LogP contribution in [0.25, 0.3) is 0 Å². The molecule has 114 valence electrons. The van der Waals surface area contributed by atoms with E-state index in [1.807, 2.05) is 30.3 Å². The van der Waals surface area contributed by atoms with Crippen LogP contribution in [0.1, 0.15) is 12.0 Å². The second-order valence-electron chi connectivity index (χ2n) is 4.80. The Kier molecular flexibility index (Phi) is 5.57. The predicted molar refractivity (Wildman–Crippen MR) is 74.8 cm³/mol. The summed E-state index contributed by atoms with van der Waals surface area (Å²) in [6.45, 7) is 0.984. The lowest BCUT2D eigenvalue weighted by Crippen LogP contribution is -2.44. The molecule has 1 aliphatic rings. The first-order chi connectivity index (χ1) is 10.2. The SMILES string of the molecule is COC(=O)[C@H](Cc1ccccc1)NC(=O)OC1CCOC1. The van der Waals surface area contributed by atoms with Crippen LogP contribution >= 0.6 is 0 Å². The van der Waals surface area contributed by atoms with Crippen molar-refractivity contribution in [3.8, 4) is 0 Å². The van der Waals surface area contributed by atoms with Gasteiger partial charge in [0.15, 0.2) is 0 Å². The van der Waals surface area contributed by atoms with Gasteiger partial charge in [-0.1, -0.05) is 30.3 Å². The molecule has 1 aromatic rings. The highest BCUT2D eigenvalue weighted by Crippen LogP contribution is 2.09. The second-order valence-corrected chi connectivity index (χ2v) is 4.80. The van der Waals surface area contributed by atoms with Crippen molar-refractivity contribution in [2.24, 2.45) is 0 Å². The molecular weight excluding hydrogens is 274 g/mol. The molecule has 1 heterocycles. The summed E-state index contributed by atoms with van der Waals surface area (Å²) in [7, 11) is 1.29. The molecule has 1 unspecified atom stereocenters. The summed E-state index contributed by atoms with van der Waals surface area (Å²) in [5.74, 6) is -0.501. The van der Waals surface area contributed by atoms with Gasteiger partial charge in [0, 0.05) is 12.8 Å². The molecule has 1 amide bonds. The average Bonchev–Trinajstić information content (AvgIpc) is 2.99. The van der Waals surface area contributed by atoms with E-state index in [0.717, 1.165) is 5.56 Å². The summed E-state index contributed by atoms with van der Waals surface area (Å²) in [4.78, 5) is 23.6. The van der Waals surface area contributed by atoms with E-state index in [0.29, 0.717) is 26.1 Å². The summed E-state index contributed by atoms with van der Waals surface area (Å²) in [5.41, 5.74) is 0.928. The van der Waals surface area contributed by atoms with Crippen LogP contribution in [-0.4, -0.2) is 44.5 Å². The molecule has 0 aliphatic carbocycles. The van der Waals surface area contributed by atoms with Gasteiger partial charge in [0.2, 0.25) is 0 Å². The molecule has 1 aliphatic heterocycles. The molecule has 0 spiro atoms. The molecule has 1 N–H and O–H groups in total. The maximum absolute atomic E-state index is 11.8. The molecule has 1 aromatic carbocycles. The Bertz CT molecular complexity index is 470. The number of hydrogen-bond donors (Lipinski definition) is 1. The minimum absolute atomic E-state index is 0.250. The number of esters is 1. The summed E-state index contributed by atoms with van der Waals surface area (Å²) >= 11 is 0. The Morgan fingerprint density at radius 1 is 1.38 bits per heavy atom. The predicted octanol–water partition coefficient (Wildman–Crippen LogP) is 1.29. The molecule has 21 heavy (non-hydrogen) atoms. The number of rotatable bonds is 5. The zero-order valence-corrected chi connectivity index (χ0v) is 11.9. The number of ether oxygens (including phenoxy) is 3. The van der Waals surface area contributed by atoms with E-state index in [9.17, 15) is 9.59 Å². The van der Waals surface area contributed by atoms with Gasteiger partial charge in [-0.15, -0.1) is 0 Å². The normalized spacial score (nSPS) is 18.8. The van der Waals surface area contributed by atoms with Gasteiger partial charge in [-0.05, 0) is 5.56 Å². The molecule has 6 heteroatoms. The van der Waals surface area contributed by atoms with Gasteiger partial charge in [-0.25, -0.2) is 9.59 Å². The number of nitrogens with one attached hydrogen (secondary N) is 1. The number of methoxy groups -OCH3 is 1. The molecule has 0 bridgehead atoms. The van der Waals surface area contributed by atoms with Crippen molar-refractivity contribution in [1.82, 2.24) is 5.32 Å². The maximum atomic E-state index is 11.8. The van der Waals surface area contributed by atoms with E-state index in [4.69, 9.17) is 14.2 Å². The fraction of sp³-hybridized carbons (Fsp3) is 0.467. The van der Waals surface area contributed by atoms with E-state index < -0.39 is 18.1 Å². The topological polar surface area (TPSA) is 73.9 Å². The van der Waals surface area contributed by atoms with Crippen LogP contribution in [0, 0.1) is 0 Å².